The number of carbonyl (C=O) groups excluding carboxylic acids is 2. The molecule has 136 valence electrons. The quantitative estimate of drug-likeness (QED) is 0.860. The van der Waals surface area contributed by atoms with Crippen molar-refractivity contribution in [2.45, 2.75) is 38.8 Å². The molecule has 0 radical (unpaired) electrons. The molecule has 6 nitrogen and oxygen atoms in total. The number of halogens is 1. The average molecular weight is 356 g/mol. The summed E-state index contributed by atoms with van der Waals surface area (Å²) in [6.07, 6.45) is 5.32. The smallest absolute Gasteiger partial charge is 0.271 e. The molecule has 0 bridgehead atoms. The van der Waals surface area contributed by atoms with E-state index in [1.54, 1.807) is 19.1 Å². The second-order valence-electron chi connectivity index (χ2n) is 6.50. The Hall–Kier alpha value is -2.83. The first kappa shape index (κ1) is 18.0. The van der Waals surface area contributed by atoms with E-state index in [1.807, 2.05) is 0 Å². The van der Waals surface area contributed by atoms with Crippen molar-refractivity contribution < 1.29 is 14.0 Å². The van der Waals surface area contributed by atoms with E-state index in [1.165, 1.54) is 24.5 Å². The van der Waals surface area contributed by atoms with Crippen molar-refractivity contribution in [1.82, 2.24) is 20.6 Å². The van der Waals surface area contributed by atoms with Crippen molar-refractivity contribution in [2.75, 3.05) is 0 Å². The third-order valence-electron chi connectivity index (χ3n) is 4.56. The molecule has 0 saturated heterocycles. The van der Waals surface area contributed by atoms with E-state index in [4.69, 9.17) is 0 Å². The number of benzene rings is 1. The molecule has 0 aliphatic heterocycles. The highest BCUT2D eigenvalue weighted by atomic mass is 19.1. The molecule has 1 heterocycles. The molecule has 7 heteroatoms. The van der Waals surface area contributed by atoms with Crippen molar-refractivity contribution in [3.63, 3.8) is 0 Å². The van der Waals surface area contributed by atoms with Gasteiger partial charge in [0.05, 0.1) is 17.8 Å². The van der Waals surface area contributed by atoms with Gasteiger partial charge in [-0.15, -0.1) is 0 Å². The summed E-state index contributed by atoms with van der Waals surface area (Å²) in [5.74, 6) is -1.01. The maximum atomic E-state index is 12.9. The van der Waals surface area contributed by atoms with E-state index in [0.717, 1.165) is 30.5 Å². The average Bonchev–Trinajstić information content (AvgIpc) is 3.09. The second-order valence-corrected chi connectivity index (χ2v) is 6.50. The van der Waals surface area contributed by atoms with Crippen molar-refractivity contribution >= 4 is 11.8 Å². The molecule has 1 saturated carbocycles. The van der Waals surface area contributed by atoms with Crippen molar-refractivity contribution in [3.8, 4) is 0 Å². The highest BCUT2D eigenvalue weighted by molar-refractivity contribution is 5.92. The van der Waals surface area contributed by atoms with Crippen LogP contribution < -0.4 is 10.6 Å². The molecule has 26 heavy (non-hydrogen) atoms. The molecule has 0 unspecified atom stereocenters. The molecule has 2 N–H and O–H groups in total. The van der Waals surface area contributed by atoms with Crippen LogP contribution in [0.3, 0.4) is 0 Å². The van der Waals surface area contributed by atoms with Gasteiger partial charge in [0.1, 0.15) is 11.5 Å². The largest absolute Gasteiger partial charge is 0.352 e. The normalized spacial score (nSPS) is 19.2. The second kappa shape index (κ2) is 8.03. The maximum absolute atomic E-state index is 12.9. The van der Waals surface area contributed by atoms with Crippen LogP contribution in [0, 0.1) is 18.7 Å². The van der Waals surface area contributed by atoms with Crippen LogP contribution in [0.15, 0.2) is 36.7 Å². The summed E-state index contributed by atoms with van der Waals surface area (Å²) in [7, 11) is 0. The molecule has 2 aromatic rings. The summed E-state index contributed by atoms with van der Waals surface area (Å²) in [6.45, 7) is 2.13. The van der Waals surface area contributed by atoms with Gasteiger partial charge < -0.3 is 10.6 Å². The van der Waals surface area contributed by atoms with Gasteiger partial charge in [-0.05, 0) is 37.5 Å². The number of aromatic nitrogens is 2. The van der Waals surface area contributed by atoms with Gasteiger partial charge in [-0.2, -0.15) is 0 Å². The number of nitrogens with one attached hydrogen (secondary N) is 2. The van der Waals surface area contributed by atoms with E-state index in [-0.39, 0.29) is 35.3 Å². The van der Waals surface area contributed by atoms with Crippen LogP contribution in [0.25, 0.3) is 0 Å². The van der Waals surface area contributed by atoms with Gasteiger partial charge in [0.2, 0.25) is 5.91 Å². The number of aryl methyl sites for hydroxylation is 1. The summed E-state index contributed by atoms with van der Waals surface area (Å²) in [6, 6.07) is 5.78. The van der Waals surface area contributed by atoms with Gasteiger partial charge in [0.25, 0.3) is 5.91 Å². The molecule has 2 amide bonds. The number of rotatable bonds is 5. The third-order valence-corrected chi connectivity index (χ3v) is 4.56. The topological polar surface area (TPSA) is 84.0 Å². The van der Waals surface area contributed by atoms with E-state index in [9.17, 15) is 14.0 Å². The summed E-state index contributed by atoms with van der Waals surface area (Å²) in [5.41, 5.74) is 1.81. The summed E-state index contributed by atoms with van der Waals surface area (Å²) in [5, 5.41) is 5.77. The molecule has 2 atom stereocenters. The van der Waals surface area contributed by atoms with Crippen LogP contribution in [-0.4, -0.2) is 27.8 Å². The lowest BCUT2D eigenvalue weighted by atomic mass is 10.0. The van der Waals surface area contributed by atoms with Gasteiger partial charge in [-0.3, -0.25) is 14.6 Å². The van der Waals surface area contributed by atoms with Gasteiger partial charge in [-0.1, -0.05) is 18.6 Å². The van der Waals surface area contributed by atoms with Crippen LogP contribution in [-0.2, 0) is 11.3 Å². The Morgan fingerprint density at radius 3 is 2.62 bits per heavy atom. The third kappa shape index (κ3) is 4.41. The predicted octanol–water partition coefficient (Wildman–Crippen LogP) is 2.14. The fourth-order valence-electron chi connectivity index (χ4n) is 3.12. The fourth-order valence-corrected chi connectivity index (χ4v) is 3.12. The van der Waals surface area contributed by atoms with Gasteiger partial charge >= 0.3 is 0 Å². The molecule has 1 fully saturated rings. The van der Waals surface area contributed by atoms with Gasteiger partial charge in [0.15, 0.2) is 0 Å². The predicted molar refractivity (Wildman–Crippen MR) is 93.6 cm³/mol. The van der Waals surface area contributed by atoms with Crippen LogP contribution in [0.5, 0.6) is 0 Å². The number of carbonyl (C=O) groups is 2. The van der Waals surface area contributed by atoms with Crippen molar-refractivity contribution in [3.05, 3.63) is 59.4 Å². The zero-order chi connectivity index (χ0) is 18.5. The fraction of sp³-hybridized carbons (Fsp3) is 0.368. The maximum Gasteiger partial charge on any atom is 0.271 e. The van der Waals surface area contributed by atoms with Crippen LogP contribution in [0.1, 0.15) is 41.0 Å². The van der Waals surface area contributed by atoms with Crippen LogP contribution >= 0.6 is 0 Å². The van der Waals surface area contributed by atoms with Crippen molar-refractivity contribution in [1.29, 1.82) is 0 Å². The van der Waals surface area contributed by atoms with E-state index in [2.05, 4.69) is 20.6 Å². The van der Waals surface area contributed by atoms with Crippen LogP contribution in [0.4, 0.5) is 4.39 Å². The Morgan fingerprint density at radius 1 is 1.15 bits per heavy atom. The first-order valence-electron chi connectivity index (χ1n) is 8.64. The zero-order valence-electron chi connectivity index (χ0n) is 14.5. The van der Waals surface area contributed by atoms with E-state index < -0.39 is 0 Å². The molecular weight excluding hydrogens is 335 g/mol. The molecule has 1 aliphatic carbocycles. The number of nitrogens with zero attached hydrogens (tertiary/aromatic N) is 2. The highest BCUT2D eigenvalue weighted by Crippen LogP contribution is 2.26. The Balaban J connectivity index is 1.56. The standard InChI is InChI=1S/C19H21FN4O2/c1-12-9-22-17(11-21-12)19(26)24-16-4-2-3-15(16)18(25)23-10-13-5-7-14(20)8-6-13/h5-9,11,15-16H,2-4,10H2,1H3,(H,23,25)(H,24,26)/t15-,16+/m0/s1. The molecule has 3 rings (SSSR count). The van der Waals surface area contributed by atoms with E-state index in [0.29, 0.717) is 6.54 Å². The molecule has 1 aliphatic rings. The first-order valence-corrected chi connectivity index (χ1v) is 8.64. The lowest BCUT2D eigenvalue weighted by Gasteiger charge is -2.20. The van der Waals surface area contributed by atoms with Crippen LogP contribution in [0.2, 0.25) is 0 Å². The lowest BCUT2D eigenvalue weighted by Crippen LogP contribution is -2.44. The van der Waals surface area contributed by atoms with Gasteiger partial charge in [0, 0.05) is 18.8 Å². The Bertz CT molecular complexity index is 777. The summed E-state index contributed by atoms with van der Waals surface area (Å²) < 4.78 is 12.9. The molecule has 0 spiro atoms. The zero-order valence-corrected chi connectivity index (χ0v) is 14.5. The molecule has 1 aromatic heterocycles. The summed E-state index contributed by atoms with van der Waals surface area (Å²) >= 11 is 0. The Morgan fingerprint density at radius 2 is 1.92 bits per heavy atom. The Labute approximate surface area is 151 Å². The molecular formula is C19H21FN4O2. The number of hydrogen-bond donors (Lipinski definition) is 2. The van der Waals surface area contributed by atoms with Crippen molar-refractivity contribution in [2.24, 2.45) is 5.92 Å². The van der Waals surface area contributed by atoms with E-state index >= 15 is 0 Å². The lowest BCUT2D eigenvalue weighted by molar-refractivity contribution is -0.125. The Kier molecular flexibility index (Phi) is 5.55. The minimum atomic E-state index is -0.319. The number of amides is 2. The molecule has 1 aromatic carbocycles. The number of hydrogen-bond acceptors (Lipinski definition) is 4. The first-order chi connectivity index (χ1) is 12.5. The minimum Gasteiger partial charge on any atom is -0.352 e. The monoisotopic (exact) mass is 356 g/mol. The van der Waals surface area contributed by atoms with Gasteiger partial charge in [-0.25, -0.2) is 9.37 Å². The SMILES string of the molecule is Cc1cnc(C(=O)N[C@@H]2CCC[C@@H]2C(=O)NCc2ccc(F)cc2)cn1. The highest BCUT2D eigenvalue weighted by Gasteiger charge is 2.34. The minimum absolute atomic E-state index is 0.105. The summed E-state index contributed by atoms with van der Waals surface area (Å²) in [4.78, 5) is 32.9.